The number of aromatic nitrogens is 3. The van der Waals surface area contributed by atoms with Gasteiger partial charge in [-0.25, -0.2) is 15.0 Å². The SMILES string of the molecule is CCC(C)C1NC(=O)C2CCCN2C(=O)C(Cc2ccccc2)NC(=O)c2nc(oc2C)C(C)NC(=O)c2nc(oc2C)C(Cc2ccccc2)NC(=O)CNC(=O)C2CCCN2C(=O)C2CCCN2C(=O)C(C)NC(=O)c2coc1n2. The van der Waals surface area contributed by atoms with Crippen LogP contribution in [0.5, 0.6) is 0 Å². The molecular formula is C58H70N12O12. The summed E-state index contributed by atoms with van der Waals surface area (Å²) in [6, 6.07) is 10.5. The second-order valence-electron chi connectivity index (χ2n) is 21.6. The van der Waals surface area contributed by atoms with Gasteiger partial charge >= 0.3 is 0 Å². The van der Waals surface area contributed by atoms with Gasteiger partial charge in [-0.2, -0.15) is 0 Å². The van der Waals surface area contributed by atoms with Gasteiger partial charge in [0.15, 0.2) is 17.1 Å². The first-order valence-electron chi connectivity index (χ1n) is 28.1. The molecule has 5 aromatic rings. The molecule has 0 saturated carbocycles. The molecule has 24 heteroatoms. The van der Waals surface area contributed by atoms with E-state index < -0.39 is 108 Å². The van der Waals surface area contributed by atoms with Crippen molar-refractivity contribution in [3.05, 3.63) is 124 Å². The Labute approximate surface area is 473 Å². The number of carbonyl (C=O) groups is 9. The number of carbonyl (C=O) groups excluding carboxylic acids is 9. The molecule has 434 valence electrons. The van der Waals surface area contributed by atoms with Gasteiger partial charge in [-0.15, -0.1) is 0 Å². The number of amides is 9. The molecule has 6 N–H and O–H groups in total. The number of nitrogens with one attached hydrogen (secondary N) is 6. The quantitative estimate of drug-likeness (QED) is 0.141. The van der Waals surface area contributed by atoms with Crippen LogP contribution in [0.15, 0.2) is 80.2 Å². The van der Waals surface area contributed by atoms with Crippen LogP contribution in [0, 0.1) is 19.8 Å². The number of hydrogen-bond donors (Lipinski definition) is 6. The predicted molar refractivity (Wildman–Crippen MR) is 292 cm³/mol. The van der Waals surface area contributed by atoms with E-state index in [1.54, 1.807) is 13.8 Å². The zero-order valence-electron chi connectivity index (χ0n) is 46.8. The van der Waals surface area contributed by atoms with Crippen molar-refractivity contribution in [2.24, 2.45) is 5.92 Å². The molecule has 4 aliphatic heterocycles. The van der Waals surface area contributed by atoms with E-state index in [2.05, 4.69) is 46.9 Å². The Morgan fingerprint density at radius 2 is 1.09 bits per heavy atom. The molecule has 3 aromatic heterocycles. The highest BCUT2D eigenvalue weighted by Gasteiger charge is 2.44. The smallest absolute Gasteiger partial charge is 0.274 e. The third-order valence-electron chi connectivity index (χ3n) is 15.7. The summed E-state index contributed by atoms with van der Waals surface area (Å²) in [5.41, 5.74) is 1.14. The Bertz CT molecular complexity index is 3190. The molecule has 2 aromatic carbocycles. The van der Waals surface area contributed by atoms with E-state index in [4.69, 9.17) is 13.3 Å². The molecule has 0 aliphatic carbocycles. The Hall–Kier alpha value is -8.70. The van der Waals surface area contributed by atoms with Crippen LogP contribution in [0.25, 0.3) is 0 Å². The fraction of sp³-hybridized carbons (Fsp3) is 0.483. The monoisotopic (exact) mass is 1130 g/mol. The summed E-state index contributed by atoms with van der Waals surface area (Å²) in [7, 11) is 0. The molecule has 0 spiro atoms. The van der Waals surface area contributed by atoms with E-state index in [9.17, 15) is 43.2 Å². The average Bonchev–Trinajstić information content (AvgIpc) is 4.39. The minimum Gasteiger partial charge on any atom is -0.446 e. The van der Waals surface area contributed by atoms with Crippen LogP contribution in [0.1, 0.15) is 163 Å². The Morgan fingerprint density at radius 1 is 0.561 bits per heavy atom. The number of oxazole rings is 3. The predicted octanol–water partition coefficient (Wildman–Crippen LogP) is 3.62. The summed E-state index contributed by atoms with van der Waals surface area (Å²) >= 11 is 0. The Balaban J connectivity index is 1.01. The van der Waals surface area contributed by atoms with Gasteiger partial charge in [-0.3, -0.25) is 43.2 Å². The van der Waals surface area contributed by atoms with Crippen molar-refractivity contribution in [3.63, 3.8) is 0 Å². The van der Waals surface area contributed by atoms with Crippen molar-refractivity contribution in [1.29, 1.82) is 0 Å². The molecule has 7 heterocycles. The van der Waals surface area contributed by atoms with E-state index in [1.807, 2.05) is 74.5 Å². The first-order chi connectivity index (χ1) is 39.4. The fourth-order valence-corrected chi connectivity index (χ4v) is 11.1. The highest BCUT2D eigenvalue weighted by Crippen LogP contribution is 2.30. The molecule has 9 amide bonds. The standard InChI is InChI=1S/C58H70N12O12/c1-7-31(2)45-55-64-40(30-80-55)48(72)61-33(4)56(77)70-26-16-23-43(70)58(79)69-25-14-21-41(69)49(73)59-29-44(71)62-38(27-36-17-10-8-11-18-36)54-67-46(35(6)82-54)51(75)60-32(3)53-66-47(34(5)81-53)52(76)63-39(28-37-19-12-9-13-20-37)57(78)68-24-15-22-42(68)50(74)65-45/h8-13,17-20,30-33,38-39,41-43,45H,7,14-16,21-29H2,1-6H3,(H,59,73)(H,60,75)(H,61,72)(H,62,71)(H,63,76)(H,65,74). The fourth-order valence-electron chi connectivity index (χ4n) is 11.1. The molecule has 4 aliphatic rings. The highest BCUT2D eigenvalue weighted by molar-refractivity contribution is 6.00. The molecule has 6 bridgehead atoms. The van der Waals surface area contributed by atoms with Crippen molar-refractivity contribution in [3.8, 4) is 0 Å². The molecule has 9 unspecified atom stereocenters. The lowest BCUT2D eigenvalue weighted by molar-refractivity contribution is -0.147. The molecule has 3 fully saturated rings. The van der Waals surface area contributed by atoms with Crippen LogP contribution in [0.3, 0.4) is 0 Å². The maximum Gasteiger partial charge on any atom is 0.274 e. The van der Waals surface area contributed by atoms with Crippen molar-refractivity contribution >= 4 is 53.2 Å². The van der Waals surface area contributed by atoms with Crippen molar-refractivity contribution < 1.29 is 56.4 Å². The number of hydrogen-bond acceptors (Lipinski definition) is 15. The third-order valence-corrected chi connectivity index (χ3v) is 15.7. The third kappa shape index (κ3) is 12.9. The first kappa shape index (κ1) is 58.0. The summed E-state index contributed by atoms with van der Waals surface area (Å²) in [6.45, 7) is 10.2. The molecule has 3 saturated heterocycles. The highest BCUT2D eigenvalue weighted by atomic mass is 16.4. The van der Waals surface area contributed by atoms with E-state index in [0.29, 0.717) is 44.9 Å². The average molecular weight is 1130 g/mol. The lowest BCUT2D eigenvalue weighted by Gasteiger charge is -2.32. The number of fused-ring (bicyclic) bond motifs is 9. The van der Waals surface area contributed by atoms with Crippen LogP contribution in [0.4, 0.5) is 0 Å². The van der Waals surface area contributed by atoms with Crippen LogP contribution < -0.4 is 31.9 Å². The zero-order chi connectivity index (χ0) is 58.4. The molecule has 0 radical (unpaired) electrons. The Morgan fingerprint density at radius 3 is 1.71 bits per heavy atom. The first-order valence-corrected chi connectivity index (χ1v) is 28.1. The molecule has 82 heavy (non-hydrogen) atoms. The minimum absolute atomic E-state index is 0.00754. The van der Waals surface area contributed by atoms with Crippen LogP contribution in [-0.2, 0) is 41.6 Å². The number of benzene rings is 2. The van der Waals surface area contributed by atoms with E-state index in [0.717, 1.165) is 17.4 Å². The van der Waals surface area contributed by atoms with Gasteiger partial charge in [0.1, 0.15) is 66.1 Å². The lowest BCUT2D eigenvalue weighted by Crippen LogP contribution is -2.56. The summed E-state index contributed by atoms with van der Waals surface area (Å²) in [6.07, 6.45) is 4.41. The lowest BCUT2D eigenvalue weighted by atomic mass is 9.98. The maximum atomic E-state index is 14.8. The molecule has 9 atom stereocenters. The number of nitrogens with zero attached hydrogens (tertiary/aromatic N) is 6. The summed E-state index contributed by atoms with van der Waals surface area (Å²) in [5.74, 6) is -5.28. The topological polar surface area (TPSA) is 314 Å². The number of rotatable bonds is 6. The summed E-state index contributed by atoms with van der Waals surface area (Å²) in [4.78, 5) is 145. The van der Waals surface area contributed by atoms with Gasteiger partial charge in [0, 0.05) is 32.5 Å². The second-order valence-corrected chi connectivity index (χ2v) is 21.6. The van der Waals surface area contributed by atoms with Crippen molar-refractivity contribution in [1.82, 2.24) is 61.6 Å². The van der Waals surface area contributed by atoms with Gasteiger partial charge in [0.25, 0.3) is 17.7 Å². The van der Waals surface area contributed by atoms with Crippen LogP contribution in [0.2, 0.25) is 0 Å². The molecule has 9 rings (SSSR count). The zero-order valence-corrected chi connectivity index (χ0v) is 46.8. The summed E-state index contributed by atoms with van der Waals surface area (Å²) < 4.78 is 17.9. The van der Waals surface area contributed by atoms with Crippen LogP contribution >= 0.6 is 0 Å². The van der Waals surface area contributed by atoms with Crippen molar-refractivity contribution in [2.75, 3.05) is 26.2 Å². The largest absolute Gasteiger partial charge is 0.446 e. The van der Waals surface area contributed by atoms with E-state index >= 15 is 0 Å². The second kappa shape index (κ2) is 25.4. The van der Waals surface area contributed by atoms with E-state index in [1.165, 1.54) is 28.5 Å². The number of aryl methyl sites for hydroxylation is 2. The van der Waals surface area contributed by atoms with Gasteiger partial charge < -0.3 is 59.9 Å². The summed E-state index contributed by atoms with van der Waals surface area (Å²) in [5, 5.41) is 16.9. The van der Waals surface area contributed by atoms with Gasteiger partial charge in [-0.1, -0.05) is 80.9 Å². The minimum atomic E-state index is -1.17. The normalized spacial score (nSPS) is 25.3. The Kier molecular flexibility index (Phi) is 18.0. The van der Waals surface area contributed by atoms with E-state index in [-0.39, 0.29) is 84.7 Å². The maximum absolute atomic E-state index is 14.8. The van der Waals surface area contributed by atoms with Crippen LogP contribution in [-0.4, -0.2) is 139 Å². The van der Waals surface area contributed by atoms with Gasteiger partial charge in [0.05, 0.1) is 6.54 Å². The molecule has 24 nitrogen and oxygen atoms in total. The van der Waals surface area contributed by atoms with Gasteiger partial charge in [-0.05, 0) is 83.3 Å². The van der Waals surface area contributed by atoms with Gasteiger partial charge in [0.2, 0.25) is 53.1 Å². The van der Waals surface area contributed by atoms with Crippen molar-refractivity contribution in [2.45, 2.75) is 148 Å². The molecular weight excluding hydrogens is 1060 g/mol.